The summed E-state index contributed by atoms with van der Waals surface area (Å²) in [6.07, 6.45) is 1.63. The Morgan fingerprint density at radius 2 is 1.81 bits per heavy atom. The molecule has 3 rings (SSSR count). The van der Waals surface area contributed by atoms with Crippen LogP contribution in [0.25, 0.3) is 6.08 Å². The van der Waals surface area contributed by atoms with Gasteiger partial charge in [0.05, 0.1) is 0 Å². The molecular formula is C21H20N2O4. The average molecular weight is 364 g/mol. The van der Waals surface area contributed by atoms with Crippen LogP contribution in [-0.2, 0) is 14.3 Å². The Morgan fingerprint density at radius 1 is 1.15 bits per heavy atom. The summed E-state index contributed by atoms with van der Waals surface area (Å²) in [4.78, 5) is 27.1. The van der Waals surface area contributed by atoms with Crippen LogP contribution in [0.5, 0.6) is 5.75 Å². The molecule has 2 aromatic rings. The maximum Gasteiger partial charge on any atom is 0.363 e. The topological polar surface area (TPSA) is 91.0 Å². The number of carbonyl (C=O) groups excluding carboxylic acids is 2. The number of cyclic esters (lactones) is 1. The molecule has 6 heteroatoms. The van der Waals surface area contributed by atoms with Gasteiger partial charge in [0.1, 0.15) is 5.75 Å². The van der Waals surface area contributed by atoms with Crippen molar-refractivity contribution < 1.29 is 19.1 Å². The number of rotatable bonds is 6. The van der Waals surface area contributed by atoms with Gasteiger partial charge in [0.2, 0.25) is 5.90 Å². The van der Waals surface area contributed by atoms with Gasteiger partial charge < -0.3 is 15.2 Å². The number of benzene rings is 2. The lowest BCUT2D eigenvalue weighted by atomic mass is 10.0. The number of hydrogen-bond donors (Lipinski definition) is 1. The SMILES string of the molecule is CC(C)c1ccc(C2=N/C(=C\c3ccc(OCC(N)=O)cc3)C(=O)O2)cc1. The first-order valence-corrected chi connectivity index (χ1v) is 8.56. The number of hydrogen-bond acceptors (Lipinski definition) is 5. The van der Waals surface area contributed by atoms with Crippen molar-refractivity contribution in [3.05, 3.63) is 70.9 Å². The molecule has 1 aliphatic rings. The molecule has 0 saturated carbocycles. The Kier molecular flexibility index (Phi) is 5.35. The van der Waals surface area contributed by atoms with Gasteiger partial charge in [-0.2, -0.15) is 0 Å². The van der Waals surface area contributed by atoms with Crippen molar-refractivity contribution in [1.29, 1.82) is 0 Å². The van der Waals surface area contributed by atoms with Crippen molar-refractivity contribution in [2.45, 2.75) is 19.8 Å². The number of nitrogens with two attached hydrogens (primary N) is 1. The lowest BCUT2D eigenvalue weighted by Crippen LogP contribution is -2.19. The van der Waals surface area contributed by atoms with E-state index in [1.54, 1.807) is 30.3 Å². The molecule has 2 N–H and O–H groups in total. The van der Waals surface area contributed by atoms with E-state index < -0.39 is 11.9 Å². The Labute approximate surface area is 157 Å². The van der Waals surface area contributed by atoms with Gasteiger partial charge in [0.25, 0.3) is 5.91 Å². The van der Waals surface area contributed by atoms with Crippen LogP contribution in [-0.4, -0.2) is 24.4 Å². The fourth-order valence-electron chi connectivity index (χ4n) is 2.52. The summed E-state index contributed by atoms with van der Waals surface area (Å²) in [6, 6.07) is 14.7. The molecule has 6 nitrogen and oxygen atoms in total. The predicted molar refractivity (Wildman–Crippen MR) is 102 cm³/mol. The highest BCUT2D eigenvalue weighted by Crippen LogP contribution is 2.22. The number of esters is 1. The molecule has 138 valence electrons. The smallest absolute Gasteiger partial charge is 0.363 e. The zero-order valence-corrected chi connectivity index (χ0v) is 15.1. The number of amides is 1. The number of primary amides is 1. The van der Waals surface area contributed by atoms with Gasteiger partial charge in [0, 0.05) is 5.56 Å². The fourth-order valence-corrected chi connectivity index (χ4v) is 2.52. The average Bonchev–Trinajstić information content (AvgIpc) is 3.01. The third-order valence-electron chi connectivity index (χ3n) is 4.01. The summed E-state index contributed by atoms with van der Waals surface area (Å²) in [5, 5.41) is 0. The van der Waals surface area contributed by atoms with E-state index in [-0.39, 0.29) is 12.3 Å². The van der Waals surface area contributed by atoms with E-state index in [9.17, 15) is 9.59 Å². The van der Waals surface area contributed by atoms with Crippen molar-refractivity contribution in [2.24, 2.45) is 10.7 Å². The second kappa shape index (κ2) is 7.86. The van der Waals surface area contributed by atoms with E-state index >= 15 is 0 Å². The maximum atomic E-state index is 12.1. The van der Waals surface area contributed by atoms with Crippen LogP contribution >= 0.6 is 0 Å². The van der Waals surface area contributed by atoms with Crippen molar-refractivity contribution in [1.82, 2.24) is 0 Å². The minimum absolute atomic E-state index is 0.185. The summed E-state index contributed by atoms with van der Waals surface area (Å²) in [5.74, 6) is 0.199. The molecule has 27 heavy (non-hydrogen) atoms. The first-order valence-electron chi connectivity index (χ1n) is 8.56. The lowest BCUT2D eigenvalue weighted by Gasteiger charge is -2.05. The van der Waals surface area contributed by atoms with Crippen molar-refractivity contribution in [3.8, 4) is 5.75 Å². The summed E-state index contributed by atoms with van der Waals surface area (Å²) >= 11 is 0. The Balaban J connectivity index is 1.76. The van der Waals surface area contributed by atoms with Gasteiger partial charge in [-0.3, -0.25) is 4.79 Å². The Morgan fingerprint density at radius 3 is 2.41 bits per heavy atom. The highest BCUT2D eigenvalue weighted by molar-refractivity contribution is 6.12. The van der Waals surface area contributed by atoms with Gasteiger partial charge >= 0.3 is 5.97 Å². The van der Waals surface area contributed by atoms with Crippen molar-refractivity contribution >= 4 is 23.9 Å². The fraction of sp³-hybridized carbons (Fsp3) is 0.190. The number of carbonyl (C=O) groups is 2. The minimum Gasteiger partial charge on any atom is -0.484 e. The van der Waals surface area contributed by atoms with Crippen molar-refractivity contribution in [3.63, 3.8) is 0 Å². The molecule has 0 saturated heterocycles. The molecule has 0 unspecified atom stereocenters. The second-order valence-electron chi connectivity index (χ2n) is 6.44. The van der Waals surface area contributed by atoms with Crippen molar-refractivity contribution in [2.75, 3.05) is 6.61 Å². The number of aliphatic imine (C=N–C) groups is 1. The molecular weight excluding hydrogens is 344 g/mol. The highest BCUT2D eigenvalue weighted by Gasteiger charge is 2.24. The van der Waals surface area contributed by atoms with Crippen LogP contribution in [0.15, 0.2) is 59.2 Å². The van der Waals surface area contributed by atoms with Gasteiger partial charge in [-0.25, -0.2) is 9.79 Å². The zero-order valence-electron chi connectivity index (χ0n) is 15.1. The summed E-state index contributed by atoms with van der Waals surface area (Å²) in [7, 11) is 0. The third-order valence-corrected chi connectivity index (χ3v) is 4.01. The summed E-state index contributed by atoms with van der Waals surface area (Å²) < 4.78 is 10.5. The molecule has 0 fully saturated rings. The van der Waals surface area contributed by atoms with Crippen LogP contribution in [0.4, 0.5) is 0 Å². The first-order chi connectivity index (χ1) is 12.9. The third kappa shape index (κ3) is 4.61. The molecule has 0 aliphatic carbocycles. The quantitative estimate of drug-likeness (QED) is 0.630. The molecule has 0 aromatic heterocycles. The summed E-state index contributed by atoms with van der Waals surface area (Å²) in [5.41, 5.74) is 7.98. The standard InChI is InChI=1S/C21H20N2O4/c1-13(2)15-5-7-16(8-6-15)20-23-18(21(25)27-20)11-14-3-9-17(10-4-14)26-12-19(22)24/h3-11,13H,12H2,1-2H3,(H2,22,24)/b18-11-. The number of nitrogens with zero attached hydrogens (tertiary/aromatic N) is 1. The Bertz CT molecular complexity index is 910. The van der Waals surface area contributed by atoms with E-state index in [0.717, 1.165) is 11.1 Å². The van der Waals surface area contributed by atoms with Gasteiger partial charge in [-0.05, 0) is 47.4 Å². The minimum atomic E-state index is -0.543. The van der Waals surface area contributed by atoms with Crippen LogP contribution in [0.3, 0.4) is 0 Å². The largest absolute Gasteiger partial charge is 0.484 e. The Hall–Kier alpha value is -3.41. The number of ether oxygens (including phenoxy) is 2. The molecule has 2 aromatic carbocycles. The first kappa shape index (κ1) is 18.4. The highest BCUT2D eigenvalue weighted by atomic mass is 16.6. The monoisotopic (exact) mass is 364 g/mol. The van der Waals surface area contributed by atoms with E-state index in [1.165, 1.54) is 5.56 Å². The molecule has 0 bridgehead atoms. The van der Waals surface area contributed by atoms with Gasteiger partial charge in [-0.1, -0.05) is 38.1 Å². The van der Waals surface area contributed by atoms with Crippen LogP contribution in [0.2, 0.25) is 0 Å². The lowest BCUT2D eigenvalue weighted by molar-refractivity contribution is -0.130. The van der Waals surface area contributed by atoms with E-state index in [0.29, 0.717) is 17.6 Å². The molecule has 0 radical (unpaired) electrons. The maximum absolute atomic E-state index is 12.1. The van der Waals surface area contributed by atoms with Crippen LogP contribution in [0, 0.1) is 0 Å². The van der Waals surface area contributed by atoms with E-state index in [1.807, 2.05) is 24.3 Å². The van der Waals surface area contributed by atoms with E-state index in [4.69, 9.17) is 15.2 Å². The predicted octanol–water partition coefficient (Wildman–Crippen LogP) is 3.02. The molecule has 1 amide bonds. The molecule has 1 heterocycles. The van der Waals surface area contributed by atoms with Gasteiger partial charge in [-0.15, -0.1) is 0 Å². The molecule has 1 aliphatic heterocycles. The van der Waals surface area contributed by atoms with E-state index in [2.05, 4.69) is 18.8 Å². The zero-order chi connectivity index (χ0) is 19.4. The van der Waals surface area contributed by atoms with Crippen LogP contribution in [0.1, 0.15) is 36.5 Å². The van der Waals surface area contributed by atoms with Gasteiger partial charge in [0.15, 0.2) is 12.3 Å². The summed E-state index contributed by atoms with van der Waals surface area (Å²) in [6.45, 7) is 4.05. The molecule has 0 spiro atoms. The normalized spacial score (nSPS) is 15.0. The second-order valence-corrected chi connectivity index (χ2v) is 6.44. The molecule has 0 atom stereocenters. The van der Waals surface area contributed by atoms with Crippen LogP contribution < -0.4 is 10.5 Å².